The van der Waals surface area contributed by atoms with Gasteiger partial charge in [-0.25, -0.2) is 9.18 Å². The molecule has 0 amide bonds. The minimum Gasteiger partial charge on any atom is -0.479 e. The summed E-state index contributed by atoms with van der Waals surface area (Å²) in [6.45, 7) is 1.20. The zero-order valence-corrected chi connectivity index (χ0v) is 9.42. The van der Waals surface area contributed by atoms with Crippen molar-refractivity contribution in [3.05, 3.63) is 24.0 Å². The van der Waals surface area contributed by atoms with Crippen molar-refractivity contribution in [2.75, 3.05) is 11.5 Å². The van der Waals surface area contributed by atoms with E-state index in [0.717, 1.165) is 17.8 Å². The third kappa shape index (κ3) is 3.11. The first-order chi connectivity index (χ1) is 7.33. The second-order valence-corrected chi connectivity index (χ2v) is 4.57. The fourth-order valence-corrected chi connectivity index (χ4v) is 1.88. The smallest absolute Gasteiger partial charge is 0.336 e. The minimum absolute atomic E-state index is 0.0574. The molecule has 0 aliphatic heterocycles. The number of halogens is 1. The van der Waals surface area contributed by atoms with Crippen molar-refractivity contribution in [3.8, 4) is 0 Å². The van der Waals surface area contributed by atoms with Gasteiger partial charge in [-0.2, -0.15) is 0 Å². The van der Waals surface area contributed by atoms with Gasteiger partial charge in [0.25, 0.3) is 0 Å². The number of nitrogen functional groups attached to an aromatic ring is 1. The summed E-state index contributed by atoms with van der Waals surface area (Å²) >= 11 is 1.07. The van der Waals surface area contributed by atoms with Crippen molar-refractivity contribution in [3.63, 3.8) is 0 Å². The Morgan fingerprint density at radius 2 is 2.25 bits per heavy atom. The molecule has 0 aliphatic rings. The number of rotatable bonds is 4. The SMILES string of the molecule is CC(O)(CSc1ccc(F)cc1N)C(=O)O. The molecule has 0 aliphatic carbocycles. The van der Waals surface area contributed by atoms with E-state index in [9.17, 15) is 14.3 Å². The predicted molar refractivity (Wildman–Crippen MR) is 59.8 cm³/mol. The van der Waals surface area contributed by atoms with Crippen LogP contribution in [0.4, 0.5) is 10.1 Å². The molecule has 1 rings (SSSR count). The zero-order chi connectivity index (χ0) is 12.3. The van der Waals surface area contributed by atoms with E-state index in [0.29, 0.717) is 4.90 Å². The fraction of sp³-hybridized carbons (Fsp3) is 0.300. The number of benzene rings is 1. The van der Waals surface area contributed by atoms with Crippen LogP contribution in [0.25, 0.3) is 0 Å². The molecule has 16 heavy (non-hydrogen) atoms. The van der Waals surface area contributed by atoms with Gasteiger partial charge in [0.1, 0.15) is 5.82 Å². The molecule has 0 heterocycles. The Labute approximate surface area is 96.3 Å². The van der Waals surface area contributed by atoms with Gasteiger partial charge in [0.05, 0.1) is 0 Å². The quantitative estimate of drug-likeness (QED) is 0.550. The molecule has 1 aromatic rings. The van der Waals surface area contributed by atoms with E-state index in [2.05, 4.69) is 0 Å². The third-order valence-electron chi connectivity index (χ3n) is 1.94. The largest absolute Gasteiger partial charge is 0.479 e. The van der Waals surface area contributed by atoms with Crippen molar-refractivity contribution in [2.45, 2.75) is 17.4 Å². The molecule has 4 nitrogen and oxygen atoms in total. The number of aliphatic hydroxyl groups is 1. The Hall–Kier alpha value is -1.27. The molecule has 0 aromatic heterocycles. The Kier molecular flexibility index (Phi) is 3.77. The molecule has 0 spiro atoms. The van der Waals surface area contributed by atoms with Crippen LogP contribution in [0.1, 0.15) is 6.92 Å². The number of carbonyl (C=O) groups is 1. The Bertz CT molecular complexity index is 409. The second kappa shape index (κ2) is 4.71. The van der Waals surface area contributed by atoms with Crippen LogP contribution in [0.2, 0.25) is 0 Å². The van der Waals surface area contributed by atoms with Gasteiger partial charge in [-0.15, -0.1) is 11.8 Å². The summed E-state index contributed by atoms with van der Waals surface area (Å²) in [5.74, 6) is -1.81. The molecule has 0 saturated heterocycles. The van der Waals surface area contributed by atoms with Crippen molar-refractivity contribution in [1.29, 1.82) is 0 Å². The summed E-state index contributed by atoms with van der Waals surface area (Å²) in [6.07, 6.45) is 0. The third-order valence-corrected chi connectivity index (χ3v) is 3.33. The summed E-state index contributed by atoms with van der Waals surface area (Å²) in [7, 11) is 0. The van der Waals surface area contributed by atoms with Crippen LogP contribution in [0.3, 0.4) is 0 Å². The topological polar surface area (TPSA) is 83.5 Å². The molecular weight excluding hydrogens is 233 g/mol. The van der Waals surface area contributed by atoms with Gasteiger partial charge in [0, 0.05) is 16.3 Å². The molecule has 0 fully saturated rings. The first-order valence-electron chi connectivity index (χ1n) is 4.46. The number of hydrogen-bond acceptors (Lipinski definition) is 4. The average Bonchev–Trinajstić information content (AvgIpc) is 2.16. The van der Waals surface area contributed by atoms with Gasteiger partial charge < -0.3 is 15.9 Å². The number of hydrogen-bond donors (Lipinski definition) is 3. The molecule has 0 saturated carbocycles. The first kappa shape index (κ1) is 12.8. The number of carboxylic acid groups (broad SMARTS) is 1. The van der Waals surface area contributed by atoms with Crippen LogP contribution in [-0.4, -0.2) is 27.5 Å². The lowest BCUT2D eigenvalue weighted by Gasteiger charge is -2.17. The average molecular weight is 245 g/mol. The summed E-state index contributed by atoms with van der Waals surface area (Å²) in [5, 5.41) is 18.1. The lowest BCUT2D eigenvalue weighted by molar-refractivity contribution is -0.154. The fourth-order valence-electron chi connectivity index (χ4n) is 0.931. The monoisotopic (exact) mass is 245 g/mol. The number of nitrogens with two attached hydrogens (primary N) is 1. The molecule has 0 bridgehead atoms. The molecular formula is C10H12FNO3S. The molecule has 6 heteroatoms. The van der Waals surface area contributed by atoms with E-state index >= 15 is 0 Å². The van der Waals surface area contributed by atoms with Crippen LogP contribution in [0.5, 0.6) is 0 Å². The highest BCUT2D eigenvalue weighted by Crippen LogP contribution is 2.28. The Morgan fingerprint density at radius 1 is 1.62 bits per heavy atom. The molecule has 88 valence electrons. The predicted octanol–water partition coefficient (Wildman–Crippen LogP) is 1.34. The van der Waals surface area contributed by atoms with Crippen molar-refractivity contribution in [2.24, 2.45) is 0 Å². The molecule has 1 atom stereocenters. The Morgan fingerprint density at radius 3 is 2.75 bits per heavy atom. The van der Waals surface area contributed by atoms with Crippen LogP contribution in [-0.2, 0) is 4.79 Å². The summed E-state index contributed by atoms with van der Waals surface area (Å²) in [5.41, 5.74) is 3.94. The van der Waals surface area contributed by atoms with E-state index in [1.165, 1.54) is 19.1 Å². The van der Waals surface area contributed by atoms with Crippen molar-refractivity contribution in [1.82, 2.24) is 0 Å². The maximum absolute atomic E-state index is 12.7. The number of carboxylic acids is 1. The summed E-state index contributed by atoms with van der Waals surface area (Å²) in [6, 6.07) is 3.83. The second-order valence-electron chi connectivity index (χ2n) is 3.55. The van der Waals surface area contributed by atoms with E-state index < -0.39 is 17.4 Å². The lowest BCUT2D eigenvalue weighted by Crippen LogP contribution is -2.37. The van der Waals surface area contributed by atoms with Crippen LogP contribution >= 0.6 is 11.8 Å². The maximum atomic E-state index is 12.7. The Balaban J connectivity index is 2.72. The van der Waals surface area contributed by atoms with Gasteiger partial charge in [0.15, 0.2) is 5.60 Å². The van der Waals surface area contributed by atoms with Gasteiger partial charge >= 0.3 is 5.97 Å². The van der Waals surface area contributed by atoms with Crippen molar-refractivity contribution < 1.29 is 19.4 Å². The number of aliphatic carboxylic acids is 1. The molecule has 1 unspecified atom stereocenters. The van der Waals surface area contributed by atoms with Crippen LogP contribution in [0.15, 0.2) is 23.1 Å². The van der Waals surface area contributed by atoms with Gasteiger partial charge in [-0.1, -0.05) is 0 Å². The molecule has 1 aromatic carbocycles. The number of thioether (sulfide) groups is 1. The van der Waals surface area contributed by atoms with Gasteiger partial charge in [-0.05, 0) is 25.1 Å². The standard InChI is InChI=1S/C10H12FNO3S/c1-10(15,9(13)14)5-16-8-3-2-6(11)4-7(8)12/h2-4,15H,5,12H2,1H3,(H,13,14). The van der Waals surface area contributed by atoms with Gasteiger partial charge in [0.2, 0.25) is 0 Å². The van der Waals surface area contributed by atoms with Crippen LogP contribution < -0.4 is 5.73 Å². The minimum atomic E-state index is -1.83. The van der Waals surface area contributed by atoms with E-state index in [4.69, 9.17) is 10.8 Å². The molecule has 0 radical (unpaired) electrons. The lowest BCUT2D eigenvalue weighted by atomic mass is 10.1. The zero-order valence-electron chi connectivity index (χ0n) is 8.61. The van der Waals surface area contributed by atoms with Crippen LogP contribution in [0, 0.1) is 5.82 Å². The normalized spacial score (nSPS) is 14.4. The van der Waals surface area contributed by atoms with Crippen molar-refractivity contribution >= 4 is 23.4 Å². The van der Waals surface area contributed by atoms with Gasteiger partial charge in [-0.3, -0.25) is 0 Å². The van der Waals surface area contributed by atoms with E-state index in [-0.39, 0.29) is 11.4 Å². The van der Waals surface area contributed by atoms with E-state index in [1.54, 1.807) is 0 Å². The highest BCUT2D eigenvalue weighted by atomic mass is 32.2. The van der Waals surface area contributed by atoms with E-state index in [1.807, 2.05) is 0 Å². The molecule has 4 N–H and O–H groups in total. The highest BCUT2D eigenvalue weighted by Gasteiger charge is 2.30. The first-order valence-corrected chi connectivity index (χ1v) is 5.45. The highest BCUT2D eigenvalue weighted by molar-refractivity contribution is 7.99. The maximum Gasteiger partial charge on any atom is 0.336 e. The summed E-state index contributed by atoms with van der Waals surface area (Å²) < 4.78 is 12.7. The summed E-state index contributed by atoms with van der Waals surface area (Å²) in [4.78, 5) is 11.2. The number of anilines is 1.